The molecule has 2 rings (SSSR count). The molecule has 7 heteroatoms. The molecule has 0 saturated heterocycles. The van der Waals surface area contributed by atoms with Gasteiger partial charge in [-0.3, -0.25) is 9.36 Å². The number of nitrogens with zero attached hydrogens (tertiary/aromatic N) is 3. The van der Waals surface area contributed by atoms with Gasteiger partial charge in [0, 0.05) is 18.0 Å². The monoisotopic (exact) mass is 251 g/mol. The van der Waals surface area contributed by atoms with Crippen molar-refractivity contribution in [3.63, 3.8) is 0 Å². The van der Waals surface area contributed by atoms with Gasteiger partial charge in [0.05, 0.1) is 5.02 Å². The predicted octanol–water partition coefficient (Wildman–Crippen LogP) is 1.43. The first-order valence-corrected chi connectivity index (χ1v) is 4.88. The van der Waals surface area contributed by atoms with E-state index in [9.17, 15) is 9.59 Å². The number of carbonyl (C=O) groups is 2. The molecular weight excluding hydrogens is 246 g/mol. The smallest absolute Gasteiger partial charge is 0.356 e. The molecule has 2 heterocycles. The van der Waals surface area contributed by atoms with E-state index < -0.39 is 5.97 Å². The number of aromatic carboxylic acids is 1. The lowest BCUT2D eigenvalue weighted by molar-refractivity contribution is 0.0691. The molecule has 2 aromatic rings. The SMILES string of the molecule is O=Cc1cnc(-n2cnc(C(=O)O)c2)c(Cl)c1. The number of carbonyl (C=O) groups excluding carboxylic acids is 1. The molecule has 1 N–H and O–H groups in total. The minimum absolute atomic E-state index is 0.109. The first kappa shape index (κ1) is 11.3. The van der Waals surface area contributed by atoms with E-state index in [0.717, 1.165) is 0 Å². The van der Waals surface area contributed by atoms with Crippen molar-refractivity contribution in [3.8, 4) is 5.82 Å². The van der Waals surface area contributed by atoms with Crippen LogP contribution >= 0.6 is 11.6 Å². The second-order valence-corrected chi connectivity index (χ2v) is 3.57. The van der Waals surface area contributed by atoms with Crippen molar-refractivity contribution in [2.45, 2.75) is 0 Å². The third-order valence-corrected chi connectivity index (χ3v) is 2.30. The molecule has 0 aliphatic heterocycles. The zero-order valence-corrected chi connectivity index (χ0v) is 9.13. The Morgan fingerprint density at radius 2 is 2.24 bits per heavy atom. The Kier molecular flexibility index (Phi) is 2.88. The van der Waals surface area contributed by atoms with Gasteiger partial charge in [0.15, 0.2) is 17.8 Å². The van der Waals surface area contributed by atoms with E-state index in [1.807, 2.05) is 0 Å². The molecule has 0 aromatic carbocycles. The number of rotatable bonds is 3. The zero-order chi connectivity index (χ0) is 12.4. The Bertz CT molecular complexity index is 594. The van der Waals surface area contributed by atoms with Gasteiger partial charge in [-0.25, -0.2) is 14.8 Å². The Balaban J connectivity index is 2.45. The second kappa shape index (κ2) is 4.34. The fourth-order valence-electron chi connectivity index (χ4n) is 1.25. The summed E-state index contributed by atoms with van der Waals surface area (Å²) in [4.78, 5) is 28.8. The molecule has 0 bridgehead atoms. The number of carboxylic acids is 1. The number of hydrogen-bond acceptors (Lipinski definition) is 4. The molecule has 2 aromatic heterocycles. The molecule has 0 atom stereocenters. The molecular formula is C10H6ClN3O3. The Morgan fingerprint density at radius 3 is 2.76 bits per heavy atom. The highest BCUT2D eigenvalue weighted by Gasteiger charge is 2.10. The van der Waals surface area contributed by atoms with Gasteiger partial charge < -0.3 is 5.11 Å². The highest BCUT2D eigenvalue weighted by Crippen LogP contribution is 2.18. The number of imidazole rings is 1. The molecule has 0 aliphatic carbocycles. The first-order chi connectivity index (χ1) is 8.11. The summed E-state index contributed by atoms with van der Waals surface area (Å²) in [5.41, 5.74) is 0.236. The largest absolute Gasteiger partial charge is 0.476 e. The summed E-state index contributed by atoms with van der Waals surface area (Å²) in [6, 6.07) is 1.44. The maximum Gasteiger partial charge on any atom is 0.356 e. The Morgan fingerprint density at radius 1 is 1.47 bits per heavy atom. The van der Waals surface area contributed by atoms with E-state index in [1.54, 1.807) is 0 Å². The van der Waals surface area contributed by atoms with Crippen LogP contribution in [-0.4, -0.2) is 31.9 Å². The van der Waals surface area contributed by atoms with Gasteiger partial charge >= 0.3 is 5.97 Å². The van der Waals surface area contributed by atoms with E-state index in [4.69, 9.17) is 16.7 Å². The summed E-state index contributed by atoms with van der Waals surface area (Å²) in [6.07, 6.45) is 4.54. The van der Waals surface area contributed by atoms with Gasteiger partial charge in [0.25, 0.3) is 0 Å². The Labute approximate surface area is 100 Å². The van der Waals surface area contributed by atoms with Crippen LogP contribution in [0.3, 0.4) is 0 Å². The summed E-state index contributed by atoms with van der Waals surface area (Å²) in [6.45, 7) is 0. The number of aromatic nitrogens is 3. The van der Waals surface area contributed by atoms with E-state index in [1.165, 1.54) is 29.4 Å². The molecule has 0 spiro atoms. The van der Waals surface area contributed by atoms with E-state index in [2.05, 4.69) is 9.97 Å². The van der Waals surface area contributed by atoms with Crippen LogP contribution in [0.4, 0.5) is 0 Å². The molecule has 0 amide bonds. The zero-order valence-electron chi connectivity index (χ0n) is 8.37. The normalized spacial score (nSPS) is 10.2. The average Bonchev–Trinajstić information content (AvgIpc) is 2.78. The lowest BCUT2D eigenvalue weighted by atomic mass is 10.3. The molecule has 0 saturated carbocycles. The third-order valence-electron chi connectivity index (χ3n) is 2.03. The van der Waals surface area contributed by atoms with Crippen LogP contribution in [0.5, 0.6) is 0 Å². The topological polar surface area (TPSA) is 85.1 Å². The standard InChI is InChI=1S/C10H6ClN3O3/c11-7-1-6(4-15)2-12-9(7)14-3-8(10(16)17)13-5-14/h1-5H,(H,16,17). The maximum atomic E-state index is 10.7. The minimum atomic E-state index is -1.13. The number of carboxylic acid groups (broad SMARTS) is 1. The van der Waals surface area contributed by atoms with Crippen molar-refractivity contribution in [1.82, 2.24) is 14.5 Å². The quantitative estimate of drug-likeness (QED) is 0.834. The van der Waals surface area contributed by atoms with E-state index >= 15 is 0 Å². The van der Waals surface area contributed by atoms with Crippen LogP contribution in [0.25, 0.3) is 5.82 Å². The fourth-order valence-corrected chi connectivity index (χ4v) is 1.52. The van der Waals surface area contributed by atoms with Crippen molar-refractivity contribution in [2.24, 2.45) is 0 Å². The van der Waals surface area contributed by atoms with Gasteiger partial charge in [0.2, 0.25) is 0 Å². The summed E-state index contributed by atoms with van der Waals surface area (Å²) in [5.74, 6) is -0.818. The van der Waals surface area contributed by atoms with Gasteiger partial charge in [0.1, 0.15) is 6.33 Å². The van der Waals surface area contributed by atoms with Crippen molar-refractivity contribution in [2.75, 3.05) is 0 Å². The molecule has 0 fully saturated rings. The first-order valence-electron chi connectivity index (χ1n) is 4.50. The van der Waals surface area contributed by atoms with Crippen LogP contribution in [0, 0.1) is 0 Å². The molecule has 6 nitrogen and oxygen atoms in total. The summed E-state index contributed by atoms with van der Waals surface area (Å²) in [5, 5.41) is 8.96. The molecule has 0 radical (unpaired) electrons. The van der Waals surface area contributed by atoms with Crippen molar-refractivity contribution >= 4 is 23.9 Å². The molecule has 0 aliphatic rings. The summed E-state index contributed by atoms with van der Waals surface area (Å²) in [7, 11) is 0. The maximum absolute atomic E-state index is 10.7. The molecule has 86 valence electrons. The van der Waals surface area contributed by atoms with E-state index in [0.29, 0.717) is 17.7 Å². The summed E-state index contributed by atoms with van der Waals surface area (Å²) >= 11 is 5.91. The van der Waals surface area contributed by atoms with Crippen LogP contribution in [-0.2, 0) is 0 Å². The number of aldehydes is 1. The van der Waals surface area contributed by atoms with Crippen molar-refractivity contribution in [1.29, 1.82) is 0 Å². The van der Waals surface area contributed by atoms with E-state index in [-0.39, 0.29) is 10.7 Å². The lowest BCUT2D eigenvalue weighted by Gasteiger charge is -2.03. The Hall–Kier alpha value is -2.21. The highest BCUT2D eigenvalue weighted by atomic mass is 35.5. The third kappa shape index (κ3) is 2.16. The summed E-state index contributed by atoms with van der Waals surface area (Å²) < 4.78 is 1.38. The lowest BCUT2D eigenvalue weighted by Crippen LogP contribution is -1.98. The number of hydrogen-bond donors (Lipinski definition) is 1. The second-order valence-electron chi connectivity index (χ2n) is 3.16. The van der Waals surface area contributed by atoms with Gasteiger partial charge in [-0.2, -0.15) is 0 Å². The van der Waals surface area contributed by atoms with Gasteiger partial charge in [-0.15, -0.1) is 0 Å². The predicted molar refractivity (Wildman–Crippen MR) is 58.7 cm³/mol. The van der Waals surface area contributed by atoms with Gasteiger partial charge in [-0.1, -0.05) is 11.6 Å². The van der Waals surface area contributed by atoms with Crippen molar-refractivity contribution < 1.29 is 14.7 Å². The molecule has 0 unspecified atom stereocenters. The highest BCUT2D eigenvalue weighted by molar-refractivity contribution is 6.32. The fraction of sp³-hybridized carbons (Fsp3) is 0. The van der Waals surface area contributed by atoms with Crippen LogP contribution < -0.4 is 0 Å². The van der Waals surface area contributed by atoms with Crippen molar-refractivity contribution in [3.05, 3.63) is 41.1 Å². The van der Waals surface area contributed by atoms with Crippen LogP contribution in [0.15, 0.2) is 24.8 Å². The van der Waals surface area contributed by atoms with Gasteiger partial charge in [-0.05, 0) is 6.07 Å². The number of halogens is 1. The van der Waals surface area contributed by atoms with Crippen LogP contribution in [0.2, 0.25) is 5.02 Å². The number of pyridine rings is 1. The molecule has 17 heavy (non-hydrogen) atoms. The van der Waals surface area contributed by atoms with Crippen LogP contribution in [0.1, 0.15) is 20.8 Å². The minimum Gasteiger partial charge on any atom is -0.476 e. The average molecular weight is 252 g/mol.